The summed E-state index contributed by atoms with van der Waals surface area (Å²) < 4.78 is 36.9. The van der Waals surface area contributed by atoms with Gasteiger partial charge in [0.1, 0.15) is 6.54 Å². The molecule has 0 atom stereocenters. The van der Waals surface area contributed by atoms with Crippen LogP contribution in [0, 0.1) is 0 Å². The second kappa shape index (κ2) is 6.95. The van der Waals surface area contributed by atoms with Gasteiger partial charge in [0.2, 0.25) is 5.91 Å². The molecular weight excluding hydrogens is 273 g/mol. The SMILES string of the molecule is Nc1cccc(/C=C/C(=O)N(CCO)CC(F)(F)F)c1. The predicted molar refractivity (Wildman–Crippen MR) is 69.6 cm³/mol. The molecule has 0 saturated carbocycles. The minimum atomic E-state index is -4.50. The molecule has 1 amide bonds. The van der Waals surface area contributed by atoms with E-state index in [-0.39, 0.29) is 6.54 Å². The minimum Gasteiger partial charge on any atom is -0.399 e. The third-order valence-electron chi connectivity index (χ3n) is 2.38. The van der Waals surface area contributed by atoms with Crippen LogP contribution in [0.4, 0.5) is 18.9 Å². The molecular formula is C13H15F3N2O2. The maximum Gasteiger partial charge on any atom is 0.406 e. The first-order valence-corrected chi connectivity index (χ1v) is 5.82. The number of alkyl halides is 3. The number of carbonyl (C=O) groups excluding carboxylic acids is 1. The van der Waals surface area contributed by atoms with Crippen molar-refractivity contribution in [3.05, 3.63) is 35.9 Å². The van der Waals surface area contributed by atoms with Crippen LogP contribution in [-0.2, 0) is 4.79 Å². The van der Waals surface area contributed by atoms with Gasteiger partial charge in [-0.05, 0) is 23.8 Å². The van der Waals surface area contributed by atoms with Crippen LogP contribution in [0.2, 0.25) is 0 Å². The number of nitrogen functional groups attached to an aromatic ring is 1. The van der Waals surface area contributed by atoms with Gasteiger partial charge in [-0.1, -0.05) is 12.1 Å². The van der Waals surface area contributed by atoms with Gasteiger partial charge in [0.05, 0.1) is 6.61 Å². The molecule has 0 unspecified atom stereocenters. The molecule has 20 heavy (non-hydrogen) atoms. The Morgan fingerprint density at radius 1 is 1.40 bits per heavy atom. The van der Waals surface area contributed by atoms with Gasteiger partial charge in [0.15, 0.2) is 0 Å². The summed E-state index contributed by atoms with van der Waals surface area (Å²) in [6.07, 6.45) is -2.11. The van der Waals surface area contributed by atoms with Crippen molar-refractivity contribution in [3.8, 4) is 0 Å². The van der Waals surface area contributed by atoms with Crippen LogP contribution >= 0.6 is 0 Å². The zero-order chi connectivity index (χ0) is 15.2. The van der Waals surface area contributed by atoms with Crippen molar-refractivity contribution in [2.45, 2.75) is 6.18 Å². The van der Waals surface area contributed by atoms with Crippen molar-refractivity contribution in [2.75, 3.05) is 25.4 Å². The second-order valence-electron chi connectivity index (χ2n) is 4.10. The summed E-state index contributed by atoms with van der Waals surface area (Å²) in [7, 11) is 0. The zero-order valence-corrected chi connectivity index (χ0v) is 10.6. The fourth-order valence-corrected chi connectivity index (χ4v) is 1.54. The lowest BCUT2D eigenvalue weighted by Crippen LogP contribution is -2.39. The first-order valence-electron chi connectivity index (χ1n) is 5.82. The molecule has 0 radical (unpaired) electrons. The summed E-state index contributed by atoms with van der Waals surface area (Å²) >= 11 is 0. The van der Waals surface area contributed by atoms with Crippen molar-refractivity contribution in [3.63, 3.8) is 0 Å². The summed E-state index contributed by atoms with van der Waals surface area (Å²) in [5, 5.41) is 8.70. The number of rotatable bonds is 5. The molecule has 110 valence electrons. The third-order valence-corrected chi connectivity index (χ3v) is 2.38. The van der Waals surface area contributed by atoms with Crippen molar-refractivity contribution in [1.29, 1.82) is 0 Å². The quantitative estimate of drug-likeness (QED) is 0.639. The molecule has 7 heteroatoms. The van der Waals surface area contributed by atoms with E-state index in [1.165, 1.54) is 6.08 Å². The van der Waals surface area contributed by atoms with E-state index in [4.69, 9.17) is 10.8 Å². The predicted octanol–water partition coefficient (Wildman–Crippen LogP) is 1.67. The largest absolute Gasteiger partial charge is 0.406 e. The molecule has 0 heterocycles. The normalized spacial score (nSPS) is 11.8. The van der Waals surface area contributed by atoms with Gasteiger partial charge < -0.3 is 15.7 Å². The Morgan fingerprint density at radius 3 is 2.65 bits per heavy atom. The van der Waals surface area contributed by atoms with E-state index in [0.29, 0.717) is 16.2 Å². The fourth-order valence-electron chi connectivity index (χ4n) is 1.54. The maximum atomic E-state index is 12.3. The Kier molecular flexibility index (Phi) is 5.57. The van der Waals surface area contributed by atoms with E-state index in [2.05, 4.69) is 0 Å². The topological polar surface area (TPSA) is 66.6 Å². The summed E-state index contributed by atoms with van der Waals surface area (Å²) in [5.74, 6) is -0.821. The maximum absolute atomic E-state index is 12.3. The van der Waals surface area contributed by atoms with Crippen LogP contribution in [0.15, 0.2) is 30.3 Å². The number of hydrogen-bond acceptors (Lipinski definition) is 3. The number of hydrogen-bond donors (Lipinski definition) is 2. The Balaban J connectivity index is 2.75. The van der Waals surface area contributed by atoms with Gasteiger partial charge in [-0.15, -0.1) is 0 Å². The summed E-state index contributed by atoms with van der Waals surface area (Å²) in [5.41, 5.74) is 6.64. The lowest BCUT2D eigenvalue weighted by molar-refractivity contribution is -0.158. The number of benzene rings is 1. The van der Waals surface area contributed by atoms with E-state index < -0.39 is 25.2 Å². The summed E-state index contributed by atoms with van der Waals surface area (Å²) in [4.78, 5) is 12.2. The molecule has 0 saturated heterocycles. The minimum absolute atomic E-state index is 0.375. The highest BCUT2D eigenvalue weighted by Gasteiger charge is 2.32. The van der Waals surface area contributed by atoms with E-state index in [1.807, 2.05) is 0 Å². The van der Waals surface area contributed by atoms with Crippen molar-refractivity contribution in [1.82, 2.24) is 4.90 Å². The number of nitrogens with two attached hydrogens (primary N) is 1. The molecule has 0 aromatic heterocycles. The van der Waals surface area contributed by atoms with Crippen LogP contribution < -0.4 is 5.73 Å². The molecule has 0 bridgehead atoms. The summed E-state index contributed by atoms with van der Waals surface area (Å²) in [6, 6.07) is 6.58. The highest BCUT2D eigenvalue weighted by Crippen LogP contribution is 2.17. The van der Waals surface area contributed by atoms with E-state index >= 15 is 0 Å². The molecule has 0 aliphatic heterocycles. The molecule has 1 aromatic carbocycles. The van der Waals surface area contributed by atoms with Gasteiger partial charge >= 0.3 is 6.18 Å². The van der Waals surface area contributed by atoms with Gasteiger partial charge in [-0.2, -0.15) is 13.2 Å². The number of amides is 1. The number of aliphatic hydroxyl groups is 1. The first-order chi connectivity index (χ1) is 9.31. The van der Waals surface area contributed by atoms with Crippen LogP contribution in [0.5, 0.6) is 0 Å². The number of nitrogens with zero attached hydrogens (tertiary/aromatic N) is 1. The Bertz CT molecular complexity index is 487. The number of carbonyl (C=O) groups is 1. The molecule has 0 spiro atoms. The first kappa shape index (κ1) is 16.0. The molecule has 3 N–H and O–H groups in total. The molecule has 1 aromatic rings. The van der Waals surface area contributed by atoms with Crippen LogP contribution in [-0.4, -0.2) is 41.8 Å². The van der Waals surface area contributed by atoms with Crippen LogP contribution in [0.25, 0.3) is 6.08 Å². The summed E-state index contributed by atoms with van der Waals surface area (Å²) in [6.45, 7) is -2.30. The van der Waals surface area contributed by atoms with E-state index in [1.54, 1.807) is 24.3 Å². The molecule has 4 nitrogen and oxygen atoms in total. The fraction of sp³-hybridized carbons (Fsp3) is 0.308. The van der Waals surface area contributed by atoms with Crippen molar-refractivity contribution < 1.29 is 23.1 Å². The Morgan fingerprint density at radius 2 is 2.10 bits per heavy atom. The number of aliphatic hydroxyl groups excluding tert-OH is 1. The van der Waals surface area contributed by atoms with Crippen LogP contribution in [0.3, 0.4) is 0 Å². The average molecular weight is 288 g/mol. The van der Waals surface area contributed by atoms with E-state index in [0.717, 1.165) is 6.08 Å². The smallest absolute Gasteiger partial charge is 0.399 e. The second-order valence-corrected chi connectivity index (χ2v) is 4.10. The highest BCUT2D eigenvalue weighted by molar-refractivity contribution is 5.91. The van der Waals surface area contributed by atoms with Gasteiger partial charge in [-0.25, -0.2) is 0 Å². The Labute approximate surface area is 114 Å². The average Bonchev–Trinajstić information content (AvgIpc) is 2.34. The number of halogens is 3. The Hall–Kier alpha value is -2.02. The van der Waals surface area contributed by atoms with Gasteiger partial charge in [-0.3, -0.25) is 4.79 Å². The zero-order valence-electron chi connectivity index (χ0n) is 10.6. The van der Waals surface area contributed by atoms with Crippen molar-refractivity contribution in [2.24, 2.45) is 0 Å². The van der Waals surface area contributed by atoms with E-state index in [9.17, 15) is 18.0 Å². The molecule has 0 aliphatic carbocycles. The monoisotopic (exact) mass is 288 g/mol. The highest BCUT2D eigenvalue weighted by atomic mass is 19.4. The van der Waals surface area contributed by atoms with Gasteiger partial charge in [0.25, 0.3) is 0 Å². The molecule has 1 rings (SSSR count). The third kappa shape index (κ3) is 5.75. The lowest BCUT2D eigenvalue weighted by atomic mass is 10.2. The van der Waals surface area contributed by atoms with Gasteiger partial charge in [0, 0.05) is 18.3 Å². The molecule has 0 fully saturated rings. The standard InChI is InChI=1S/C13H15F3N2O2/c14-13(15,16)9-18(6-7-19)12(20)5-4-10-2-1-3-11(17)8-10/h1-5,8,19H,6-7,9,17H2/b5-4+. The lowest BCUT2D eigenvalue weighted by Gasteiger charge is -2.21. The number of anilines is 1. The van der Waals surface area contributed by atoms with Crippen molar-refractivity contribution >= 4 is 17.7 Å². The molecule has 0 aliphatic rings. The van der Waals surface area contributed by atoms with Crippen LogP contribution in [0.1, 0.15) is 5.56 Å².